The average Bonchev–Trinajstić information content (AvgIpc) is 3.06. The summed E-state index contributed by atoms with van der Waals surface area (Å²) in [6.07, 6.45) is 5.99. The Balaban J connectivity index is 1.75. The topological polar surface area (TPSA) is 78.2 Å². The van der Waals surface area contributed by atoms with Crippen LogP contribution in [-0.4, -0.2) is 39.0 Å². The van der Waals surface area contributed by atoms with Crippen LogP contribution in [0, 0.1) is 0 Å². The Kier molecular flexibility index (Phi) is 2.42. The standard InChI is InChI=1S/C16H11ClN8/c17-15-18-7-13-24(15)12-4-2-1-3-10(12)14-20-21-16(25(13)14)23-8-11(19-22-23)9-5-6-9/h1-4,7-9H,5-6H2. The van der Waals surface area contributed by atoms with E-state index in [1.807, 2.05) is 39.3 Å². The summed E-state index contributed by atoms with van der Waals surface area (Å²) in [6, 6.07) is 7.92. The largest absolute Gasteiger partial charge is 0.268 e. The van der Waals surface area contributed by atoms with Crippen LogP contribution in [0.4, 0.5) is 0 Å². The first-order chi connectivity index (χ1) is 12.3. The van der Waals surface area contributed by atoms with E-state index in [0.717, 1.165) is 27.9 Å². The van der Waals surface area contributed by atoms with Crippen molar-refractivity contribution in [2.75, 3.05) is 0 Å². The first-order valence-electron chi connectivity index (χ1n) is 8.02. The Morgan fingerprint density at radius 1 is 1.04 bits per heavy atom. The zero-order valence-corrected chi connectivity index (χ0v) is 13.7. The maximum Gasteiger partial charge on any atom is 0.259 e. The number of benzene rings is 1. The van der Waals surface area contributed by atoms with Crippen molar-refractivity contribution in [1.82, 2.24) is 39.0 Å². The fourth-order valence-electron chi connectivity index (χ4n) is 3.31. The maximum atomic E-state index is 6.33. The smallest absolute Gasteiger partial charge is 0.259 e. The van der Waals surface area contributed by atoms with E-state index < -0.39 is 0 Å². The van der Waals surface area contributed by atoms with Gasteiger partial charge in [-0.3, -0.25) is 4.40 Å². The molecule has 1 fully saturated rings. The molecule has 0 unspecified atom stereocenters. The van der Waals surface area contributed by atoms with Crippen molar-refractivity contribution in [2.45, 2.75) is 18.8 Å². The van der Waals surface area contributed by atoms with E-state index in [4.69, 9.17) is 11.6 Å². The van der Waals surface area contributed by atoms with Crippen LogP contribution < -0.4 is 0 Å². The third-order valence-corrected chi connectivity index (χ3v) is 4.94. The molecular formula is C16H11ClN8. The highest BCUT2D eigenvalue weighted by Crippen LogP contribution is 2.38. The van der Waals surface area contributed by atoms with Gasteiger partial charge in [-0.15, -0.1) is 15.3 Å². The molecule has 1 aromatic carbocycles. The van der Waals surface area contributed by atoms with E-state index in [2.05, 4.69) is 25.5 Å². The van der Waals surface area contributed by atoms with Crippen LogP contribution >= 0.6 is 11.6 Å². The first-order valence-corrected chi connectivity index (χ1v) is 8.40. The lowest BCUT2D eigenvalue weighted by Crippen LogP contribution is -2.05. The second-order valence-electron chi connectivity index (χ2n) is 6.26. The SMILES string of the molecule is Clc1ncc2n1c1ccccc1c1nnc(-n3cc(C4CC4)nn3)n12. The van der Waals surface area contributed by atoms with Crippen LogP contribution in [0.15, 0.2) is 36.7 Å². The molecule has 1 aliphatic rings. The van der Waals surface area contributed by atoms with E-state index in [1.165, 1.54) is 12.8 Å². The summed E-state index contributed by atoms with van der Waals surface area (Å²) in [6.45, 7) is 0. The molecule has 0 spiro atoms. The van der Waals surface area contributed by atoms with Gasteiger partial charge in [0.05, 0.1) is 23.6 Å². The molecule has 0 bridgehead atoms. The third kappa shape index (κ3) is 1.74. The van der Waals surface area contributed by atoms with E-state index >= 15 is 0 Å². The summed E-state index contributed by atoms with van der Waals surface area (Å²) in [5, 5.41) is 18.6. The van der Waals surface area contributed by atoms with E-state index in [9.17, 15) is 0 Å². The van der Waals surface area contributed by atoms with Gasteiger partial charge in [-0.1, -0.05) is 17.3 Å². The molecule has 122 valence electrons. The Labute approximate surface area is 145 Å². The van der Waals surface area contributed by atoms with Crippen molar-refractivity contribution < 1.29 is 0 Å². The lowest BCUT2D eigenvalue weighted by atomic mass is 10.2. The quantitative estimate of drug-likeness (QED) is 0.489. The number of nitrogens with zero attached hydrogens (tertiary/aromatic N) is 8. The minimum Gasteiger partial charge on any atom is -0.268 e. The van der Waals surface area contributed by atoms with Gasteiger partial charge in [0.15, 0.2) is 5.65 Å². The van der Waals surface area contributed by atoms with Crippen molar-refractivity contribution in [3.05, 3.63) is 47.6 Å². The molecular weight excluding hydrogens is 340 g/mol. The van der Waals surface area contributed by atoms with Crippen LogP contribution in [0.3, 0.4) is 0 Å². The lowest BCUT2D eigenvalue weighted by molar-refractivity contribution is 0.746. The van der Waals surface area contributed by atoms with E-state index in [-0.39, 0.29) is 0 Å². The Bertz CT molecular complexity index is 1280. The Morgan fingerprint density at radius 3 is 2.80 bits per heavy atom. The highest BCUT2D eigenvalue weighted by Gasteiger charge is 2.27. The predicted molar refractivity (Wildman–Crippen MR) is 91.1 cm³/mol. The molecule has 0 saturated heterocycles. The number of fused-ring (bicyclic) bond motifs is 6. The highest BCUT2D eigenvalue weighted by atomic mass is 35.5. The molecule has 6 rings (SSSR count). The molecule has 4 aromatic heterocycles. The fourth-order valence-corrected chi connectivity index (χ4v) is 3.54. The lowest BCUT2D eigenvalue weighted by Gasteiger charge is -2.07. The minimum absolute atomic E-state index is 0.394. The number of para-hydroxylation sites is 1. The second-order valence-corrected chi connectivity index (χ2v) is 6.60. The van der Waals surface area contributed by atoms with Crippen molar-refractivity contribution in [3.8, 4) is 5.95 Å². The summed E-state index contributed by atoms with van der Waals surface area (Å²) >= 11 is 6.33. The van der Waals surface area contributed by atoms with Crippen LogP contribution in [0.25, 0.3) is 28.1 Å². The third-order valence-electron chi connectivity index (χ3n) is 4.67. The normalized spacial score (nSPS) is 14.9. The molecule has 4 heterocycles. The highest BCUT2D eigenvalue weighted by molar-refractivity contribution is 6.29. The van der Waals surface area contributed by atoms with Crippen molar-refractivity contribution >= 4 is 33.8 Å². The van der Waals surface area contributed by atoms with E-state index in [1.54, 1.807) is 10.9 Å². The molecule has 5 aromatic rings. The summed E-state index contributed by atoms with van der Waals surface area (Å²) in [5.74, 6) is 1.10. The zero-order chi connectivity index (χ0) is 16.5. The van der Waals surface area contributed by atoms with Gasteiger partial charge in [0.25, 0.3) is 5.95 Å². The van der Waals surface area contributed by atoms with Crippen LogP contribution in [0.1, 0.15) is 24.5 Å². The monoisotopic (exact) mass is 350 g/mol. The first kappa shape index (κ1) is 13.3. The van der Waals surface area contributed by atoms with Crippen molar-refractivity contribution in [1.29, 1.82) is 0 Å². The molecule has 8 nitrogen and oxygen atoms in total. The van der Waals surface area contributed by atoms with Gasteiger partial charge in [-0.05, 0) is 36.6 Å². The molecule has 25 heavy (non-hydrogen) atoms. The molecule has 9 heteroatoms. The summed E-state index contributed by atoms with van der Waals surface area (Å²) in [7, 11) is 0. The molecule has 0 radical (unpaired) electrons. The van der Waals surface area contributed by atoms with E-state index in [0.29, 0.717) is 17.1 Å². The van der Waals surface area contributed by atoms with Gasteiger partial charge in [0, 0.05) is 11.3 Å². The van der Waals surface area contributed by atoms with Gasteiger partial charge < -0.3 is 0 Å². The maximum absolute atomic E-state index is 6.33. The van der Waals surface area contributed by atoms with Crippen molar-refractivity contribution in [2.24, 2.45) is 0 Å². The van der Waals surface area contributed by atoms with Gasteiger partial charge in [-0.25, -0.2) is 9.38 Å². The molecule has 0 atom stereocenters. The number of halogens is 1. The second kappa shape index (κ2) is 4.54. The van der Waals surface area contributed by atoms with Gasteiger partial charge in [0.1, 0.15) is 5.65 Å². The summed E-state index contributed by atoms with van der Waals surface area (Å²) in [4.78, 5) is 4.26. The summed E-state index contributed by atoms with van der Waals surface area (Å²) in [5.41, 5.74) is 3.45. The Hall–Kier alpha value is -3.00. The van der Waals surface area contributed by atoms with Gasteiger partial charge >= 0.3 is 0 Å². The Morgan fingerprint density at radius 2 is 1.92 bits per heavy atom. The zero-order valence-electron chi connectivity index (χ0n) is 12.9. The van der Waals surface area contributed by atoms with Crippen molar-refractivity contribution in [3.63, 3.8) is 0 Å². The molecule has 0 amide bonds. The number of imidazole rings is 1. The summed E-state index contributed by atoms with van der Waals surface area (Å²) < 4.78 is 5.46. The van der Waals surface area contributed by atoms with Crippen LogP contribution in [0.5, 0.6) is 0 Å². The van der Waals surface area contributed by atoms with Gasteiger partial charge in [-0.2, -0.15) is 4.68 Å². The molecule has 1 aliphatic carbocycles. The number of hydrogen-bond acceptors (Lipinski definition) is 5. The number of rotatable bonds is 2. The fraction of sp³-hybridized carbons (Fsp3) is 0.188. The number of hydrogen-bond donors (Lipinski definition) is 0. The predicted octanol–water partition coefficient (Wildman–Crippen LogP) is 2.64. The van der Waals surface area contributed by atoms with Crippen LogP contribution in [0.2, 0.25) is 5.28 Å². The number of aromatic nitrogens is 8. The van der Waals surface area contributed by atoms with Gasteiger partial charge in [0.2, 0.25) is 5.28 Å². The molecule has 1 saturated carbocycles. The minimum atomic E-state index is 0.394. The molecule has 0 N–H and O–H groups in total. The average molecular weight is 351 g/mol. The van der Waals surface area contributed by atoms with Crippen LogP contribution in [-0.2, 0) is 0 Å². The molecule has 0 aliphatic heterocycles.